The van der Waals surface area contributed by atoms with Gasteiger partial charge >= 0.3 is 0 Å². The lowest BCUT2D eigenvalue weighted by Gasteiger charge is -2.41. The maximum Gasteiger partial charge on any atom is 0.159 e. The third-order valence-electron chi connectivity index (χ3n) is 5.22. The van der Waals surface area contributed by atoms with Gasteiger partial charge in [0.15, 0.2) is 5.78 Å². The molecule has 0 radical (unpaired) electrons. The quantitative estimate of drug-likeness (QED) is 0.378. The highest BCUT2D eigenvalue weighted by Gasteiger charge is 2.36. The van der Waals surface area contributed by atoms with Crippen molar-refractivity contribution in [3.63, 3.8) is 0 Å². The summed E-state index contributed by atoms with van der Waals surface area (Å²) in [5.74, 6) is 0.876. The van der Waals surface area contributed by atoms with E-state index in [1.165, 1.54) is 0 Å². The topological polar surface area (TPSA) is 35.5 Å². The molecule has 0 fully saturated rings. The number of rotatable bonds is 11. The van der Waals surface area contributed by atoms with Gasteiger partial charge in [-0.2, -0.15) is 0 Å². The molecule has 0 atom stereocenters. The number of carbonyl (C=O) groups excluding carboxylic acids is 1. The molecule has 0 aliphatic carbocycles. The normalized spacial score (nSPS) is 13.5. The van der Waals surface area contributed by atoms with Crippen molar-refractivity contribution < 1.29 is 14.3 Å². The summed E-state index contributed by atoms with van der Waals surface area (Å²) >= 11 is 0. The predicted octanol–water partition coefficient (Wildman–Crippen LogP) is 7.08. The van der Waals surface area contributed by atoms with Crippen molar-refractivity contribution in [3.8, 4) is 5.75 Å². The largest absolute Gasteiger partial charge is 0.488 e. The molecule has 0 spiro atoms. The average molecular weight is 391 g/mol. The summed E-state index contributed by atoms with van der Waals surface area (Å²) in [5.41, 5.74) is 0.528. The summed E-state index contributed by atoms with van der Waals surface area (Å²) in [4.78, 5) is 11.4. The molecule has 0 heterocycles. The SMILES string of the molecule is CCC(C)(C)OCC(C)(C)CC(C)(C)CC(C)(C)Oc1ccc(C(C)=O)cc1. The van der Waals surface area contributed by atoms with Crippen LogP contribution in [0.3, 0.4) is 0 Å². The zero-order valence-electron chi connectivity index (χ0n) is 19.9. The minimum absolute atomic E-state index is 0.0719. The molecule has 0 aromatic heterocycles. The van der Waals surface area contributed by atoms with E-state index in [4.69, 9.17) is 9.47 Å². The zero-order valence-corrected chi connectivity index (χ0v) is 19.9. The second-order valence-electron chi connectivity index (χ2n) is 11.0. The third kappa shape index (κ3) is 8.77. The lowest BCUT2D eigenvalue weighted by atomic mass is 9.70. The van der Waals surface area contributed by atoms with Crippen molar-refractivity contribution in [2.45, 2.75) is 99.7 Å². The van der Waals surface area contributed by atoms with Crippen LogP contribution in [0.4, 0.5) is 0 Å². The lowest BCUT2D eigenvalue weighted by Crippen LogP contribution is -2.38. The summed E-state index contributed by atoms with van der Waals surface area (Å²) < 4.78 is 12.5. The number of benzene rings is 1. The molecule has 1 aromatic rings. The first-order valence-electron chi connectivity index (χ1n) is 10.5. The molecule has 0 saturated heterocycles. The van der Waals surface area contributed by atoms with Crippen LogP contribution < -0.4 is 4.74 Å². The Morgan fingerprint density at radius 1 is 0.821 bits per heavy atom. The van der Waals surface area contributed by atoms with Gasteiger partial charge in [0.2, 0.25) is 0 Å². The zero-order chi connectivity index (χ0) is 21.8. The fourth-order valence-electron chi connectivity index (χ4n) is 4.17. The highest BCUT2D eigenvalue weighted by Crippen LogP contribution is 2.41. The summed E-state index contributed by atoms with van der Waals surface area (Å²) in [6, 6.07) is 7.43. The van der Waals surface area contributed by atoms with Crippen LogP contribution in [0, 0.1) is 10.8 Å². The van der Waals surface area contributed by atoms with Gasteiger partial charge in [0.25, 0.3) is 0 Å². The van der Waals surface area contributed by atoms with E-state index in [0.29, 0.717) is 5.56 Å². The van der Waals surface area contributed by atoms with Gasteiger partial charge in [0, 0.05) is 5.56 Å². The van der Waals surface area contributed by atoms with Gasteiger partial charge in [-0.05, 0) is 89.0 Å². The van der Waals surface area contributed by atoms with Crippen LogP contribution in [0.2, 0.25) is 0 Å². The maximum atomic E-state index is 11.4. The van der Waals surface area contributed by atoms with Crippen molar-refractivity contribution in [1.82, 2.24) is 0 Å². The fourth-order valence-corrected chi connectivity index (χ4v) is 4.17. The Morgan fingerprint density at radius 2 is 1.36 bits per heavy atom. The second kappa shape index (κ2) is 8.98. The molecule has 28 heavy (non-hydrogen) atoms. The maximum absolute atomic E-state index is 11.4. The van der Waals surface area contributed by atoms with E-state index in [-0.39, 0.29) is 27.8 Å². The van der Waals surface area contributed by atoms with Gasteiger partial charge in [0.05, 0.1) is 12.2 Å². The summed E-state index contributed by atoms with van der Waals surface area (Å²) in [7, 11) is 0. The van der Waals surface area contributed by atoms with Crippen molar-refractivity contribution in [1.29, 1.82) is 0 Å². The Labute approximate surface area is 173 Å². The molecule has 0 bridgehead atoms. The highest BCUT2D eigenvalue weighted by atomic mass is 16.5. The minimum atomic E-state index is -0.305. The third-order valence-corrected chi connectivity index (χ3v) is 5.22. The molecule has 0 unspecified atom stereocenters. The number of ether oxygens (including phenoxy) is 2. The van der Waals surface area contributed by atoms with E-state index in [0.717, 1.165) is 31.6 Å². The first kappa shape index (κ1) is 24.7. The van der Waals surface area contributed by atoms with Crippen LogP contribution in [0.1, 0.15) is 98.9 Å². The molecule has 0 N–H and O–H groups in total. The van der Waals surface area contributed by atoms with Gasteiger partial charge in [-0.3, -0.25) is 4.79 Å². The smallest absolute Gasteiger partial charge is 0.159 e. The summed E-state index contributed by atoms with van der Waals surface area (Å²) in [6.07, 6.45) is 2.99. The molecular formula is C25H42O3. The highest BCUT2D eigenvalue weighted by molar-refractivity contribution is 5.94. The molecule has 0 saturated carbocycles. The standard InChI is InChI=1S/C25H42O3/c1-11-24(7,8)27-18-23(5,6)16-22(3,4)17-25(9,10)28-21-14-12-20(13-15-21)19(2)26/h12-15H,11,16-18H2,1-10H3. The second-order valence-corrected chi connectivity index (χ2v) is 11.0. The Kier molecular flexibility index (Phi) is 7.92. The number of Topliss-reactive ketones (excluding diaryl/α,β-unsaturated/α-hetero) is 1. The summed E-state index contributed by atoms with van der Waals surface area (Å²) in [5, 5.41) is 0. The van der Waals surface area contributed by atoms with Crippen LogP contribution in [0.15, 0.2) is 24.3 Å². The molecule has 160 valence electrons. The van der Waals surface area contributed by atoms with Crippen LogP contribution in [-0.4, -0.2) is 23.6 Å². The molecule has 0 amide bonds. The van der Waals surface area contributed by atoms with Crippen LogP contribution in [0.25, 0.3) is 0 Å². The summed E-state index contributed by atoms with van der Waals surface area (Å²) in [6.45, 7) is 22.3. The van der Waals surface area contributed by atoms with E-state index in [2.05, 4.69) is 62.3 Å². The molecule has 1 aromatic carbocycles. The Morgan fingerprint density at radius 3 is 1.82 bits per heavy atom. The van der Waals surface area contributed by atoms with E-state index in [1.54, 1.807) is 6.92 Å². The number of hydrogen-bond acceptors (Lipinski definition) is 3. The minimum Gasteiger partial charge on any atom is -0.488 e. The Balaban J connectivity index is 2.72. The molecule has 3 nitrogen and oxygen atoms in total. The first-order chi connectivity index (χ1) is 12.6. The first-order valence-corrected chi connectivity index (χ1v) is 10.5. The van der Waals surface area contributed by atoms with E-state index >= 15 is 0 Å². The molecule has 3 heteroatoms. The predicted molar refractivity (Wildman–Crippen MR) is 118 cm³/mol. The van der Waals surface area contributed by atoms with E-state index in [1.807, 2.05) is 24.3 Å². The van der Waals surface area contributed by atoms with Crippen LogP contribution in [0.5, 0.6) is 5.75 Å². The van der Waals surface area contributed by atoms with Crippen molar-refractivity contribution in [3.05, 3.63) is 29.8 Å². The number of ketones is 1. The van der Waals surface area contributed by atoms with Crippen LogP contribution >= 0.6 is 0 Å². The fraction of sp³-hybridized carbons (Fsp3) is 0.720. The molecule has 1 rings (SSSR count). The Hall–Kier alpha value is -1.35. The van der Waals surface area contributed by atoms with Gasteiger partial charge < -0.3 is 9.47 Å². The number of hydrogen-bond donors (Lipinski definition) is 0. The number of carbonyl (C=O) groups is 1. The van der Waals surface area contributed by atoms with Gasteiger partial charge in [-0.15, -0.1) is 0 Å². The lowest BCUT2D eigenvalue weighted by molar-refractivity contribution is -0.0696. The van der Waals surface area contributed by atoms with Crippen molar-refractivity contribution in [2.75, 3.05) is 6.61 Å². The molecule has 0 aliphatic rings. The van der Waals surface area contributed by atoms with E-state index < -0.39 is 0 Å². The van der Waals surface area contributed by atoms with Gasteiger partial charge in [-0.25, -0.2) is 0 Å². The van der Waals surface area contributed by atoms with E-state index in [9.17, 15) is 4.79 Å². The van der Waals surface area contributed by atoms with Crippen molar-refractivity contribution >= 4 is 5.78 Å². The average Bonchev–Trinajstić information content (AvgIpc) is 2.51. The molecule has 0 aliphatic heterocycles. The molecular weight excluding hydrogens is 348 g/mol. The van der Waals surface area contributed by atoms with Crippen LogP contribution in [-0.2, 0) is 4.74 Å². The van der Waals surface area contributed by atoms with Crippen molar-refractivity contribution in [2.24, 2.45) is 10.8 Å². The monoisotopic (exact) mass is 390 g/mol. The van der Waals surface area contributed by atoms with Gasteiger partial charge in [0.1, 0.15) is 11.4 Å². The van der Waals surface area contributed by atoms with Gasteiger partial charge in [-0.1, -0.05) is 34.6 Å². The Bertz CT molecular complexity index is 636.